The Kier molecular flexibility index (Phi) is 7.16. The van der Waals surface area contributed by atoms with E-state index in [0.717, 1.165) is 23.7 Å². The fraction of sp³-hybridized carbons (Fsp3) is 0.316. The summed E-state index contributed by atoms with van der Waals surface area (Å²) in [5.41, 5.74) is 1.97. The van der Waals surface area contributed by atoms with Gasteiger partial charge in [0.1, 0.15) is 0 Å². The summed E-state index contributed by atoms with van der Waals surface area (Å²) in [6, 6.07) is 16.5. The zero-order valence-corrected chi connectivity index (χ0v) is 15.4. The zero-order valence-electron chi connectivity index (χ0n) is 13.7. The fourth-order valence-corrected chi connectivity index (χ4v) is 3.31. The molecule has 0 radical (unpaired) electrons. The van der Waals surface area contributed by atoms with Crippen LogP contribution in [-0.4, -0.2) is 19.0 Å². The van der Waals surface area contributed by atoms with E-state index in [1.165, 1.54) is 22.6 Å². The maximum Gasteiger partial charge on any atom is 0.238 e. The van der Waals surface area contributed by atoms with Crippen molar-refractivity contribution in [2.24, 2.45) is 5.92 Å². The number of rotatable bonds is 7. The second kappa shape index (κ2) is 9.11. The summed E-state index contributed by atoms with van der Waals surface area (Å²) in [4.78, 5) is 14.4. The van der Waals surface area contributed by atoms with Crippen molar-refractivity contribution in [2.75, 3.05) is 18.4 Å². The average Bonchev–Trinajstić information content (AvgIpc) is 3.35. The molecule has 0 bridgehead atoms. The van der Waals surface area contributed by atoms with Crippen LogP contribution in [0, 0.1) is 12.8 Å². The van der Waals surface area contributed by atoms with Crippen LogP contribution in [0.1, 0.15) is 18.4 Å². The Labute approximate surface area is 154 Å². The van der Waals surface area contributed by atoms with Gasteiger partial charge in [-0.2, -0.15) is 0 Å². The molecular weight excluding hydrogens is 340 g/mol. The molecule has 0 spiro atoms. The molecule has 0 atom stereocenters. The number of amides is 1. The van der Waals surface area contributed by atoms with Crippen LogP contribution in [0.2, 0.25) is 0 Å². The van der Waals surface area contributed by atoms with Crippen LogP contribution in [-0.2, 0) is 4.79 Å². The zero-order chi connectivity index (χ0) is 16.1. The summed E-state index contributed by atoms with van der Waals surface area (Å²) in [6.45, 7) is 3.37. The largest absolute Gasteiger partial charge is 0.325 e. The molecule has 0 unspecified atom stereocenters. The average molecular weight is 363 g/mol. The first-order chi connectivity index (χ1) is 11.2. The first-order valence-electron chi connectivity index (χ1n) is 8.05. The van der Waals surface area contributed by atoms with Crippen molar-refractivity contribution in [3.63, 3.8) is 0 Å². The van der Waals surface area contributed by atoms with Gasteiger partial charge in [0.25, 0.3) is 0 Å². The summed E-state index contributed by atoms with van der Waals surface area (Å²) in [7, 11) is 0. The van der Waals surface area contributed by atoms with Gasteiger partial charge >= 0.3 is 0 Å². The van der Waals surface area contributed by atoms with Gasteiger partial charge in [-0.25, -0.2) is 0 Å². The van der Waals surface area contributed by atoms with Crippen LogP contribution in [0.25, 0.3) is 0 Å². The number of hydrogen-bond acceptors (Lipinski definition) is 3. The molecule has 1 amide bonds. The van der Waals surface area contributed by atoms with Crippen LogP contribution >= 0.6 is 24.2 Å². The van der Waals surface area contributed by atoms with Crippen molar-refractivity contribution >= 4 is 35.8 Å². The molecule has 2 aromatic carbocycles. The Bertz CT molecular complexity index is 674. The minimum atomic E-state index is 0. The number of hydrogen-bond donors (Lipinski definition) is 2. The maximum atomic E-state index is 12.0. The minimum absolute atomic E-state index is 0. The van der Waals surface area contributed by atoms with E-state index < -0.39 is 0 Å². The van der Waals surface area contributed by atoms with Gasteiger partial charge in [-0.1, -0.05) is 30.0 Å². The molecule has 0 saturated heterocycles. The van der Waals surface area contributed by atoms with Crippen LogP contribution < -0.4 is 10.6 Å². The van der Waals surface area contributed by atoms with Crippen molar-refractivity contribution in [1.29, 1.82) is 0 Å². The molecule has 24 heavy (non-hydrogen) atoms. The quantitative estimate of drug-likeness (QED) is 0.761. The predicted octanol–water partition coefficient (Wildman–Crippen LogP) is 4.51. The molecule has 1 aliphatic carbocycles. The number of anilines is 1. The lowest BCUT2D eigenvalue weighted by molar-refractivity contribution is -0.115. The van der Waals surface area contributed by atoms with E-state index >= 15 is 0 Å². The van der Waals surface area contributed by atoms with E-state index in [0.29, 0.717) is 6.54 Å². The van der Waals surface area contributed by atoms with Gasteiger partial charge in [0, 0.05) is 15.5 Å². The first kappa shape index (κ1) is 18.8. The Morgan fingerprint density at radius 2 is 1.88 bits per heavy atom. The summed E-state index contributed by atoms with van der Waals surface area (Å²) in [5.74, 6) is 0.816. The molecule has 1 fully saturated rings. The predicted molar refractivity (Wildman–Crippen MR) is 103 cm³/mol. The molecule has 2 aromatic rings. The number of nitrogens with one attached hydrogen (secondary N) is 2. The second-order valence-electron chi connectivity index (χ2n) is 6.01. The molecule has 0 aliphatic heterocycles. The van der Waals surface area contributed by atoms with Crippen molar-refractivity contribution < 1.29 is 4.79 Å². The van der Waals surface area contributed by atoms with Crippen molar-refractivity contribution in [2.45, 2.75) is 29.6 Å². The summed E-state index contributed by atoms with van der Waals surface area (Å²) in [6.07, 6.45) is 2.60. The number of aryl methyl sites for hydroxylation is 1. The highest BCUT2D eigenvalue weighted by Gasteiger charge is 2.20. The van der Waals surface area contributed by atoms with E-state index in [1.807, 2.05) is 31.2 Å². The third kappa shape index (κ3) is 5.86. The van der Waals surface area contributed by atoms with Crippen LogP contribution in [0.4, 0.5) is 5.69 Å². The number of carbonyl (C=O) groups is 1. The van der Waals surface area contributed by atoms with E-state index in [-0.39, 0.29) is 18.3 Å². The molecule has 128 valence electrons. The third-order valence-corrected chi connectivity index (χ3v) is 4.86. The highest BCUT2D eigenvalue weighted by Crippen LogP contribution is 2.30. The van der Waals surface area contributed by atoms with Gasteiger partial charge in [-0.15, -0.1) is 12.4 Å². The Balaban J connectivity index is 0.00000208. The van der Waals surface area contributed by atoms with Gasteiger partial charge < -0.3 is 10.6 Å². The monoisotopic (exact) mass is 362 g/mol. The Morgan fingerprint density at radius 1 is 1.12 bits per heavy atom. The van der Waals surface area contributed by atoms with E-state index in [2.05, 4.69) is 34.9 Å². The smallest absolute Gasteiger partial charge is 0.238 e. The molecule has 0 aromatic heterocycles. The molecular formula is C19H23ClN2OS. The highest BCUT2D eigenvalue weighted by atomic mass is 35.5. The van der Waals surface area contributed by atoms with Crippen LogP contribution in [0.5, 0.6) is 0 Å². The van der Waals surface area contributed by atoms with Gasteiger partial charge in [0.05, 0.1) is 6.54 Å². The summed E-state index contributed by atoms with van der Waals surface area (Å²) < 4.78 is 0. The summed E-state index contributed by atoms with van der Waals surface area (Å²) in [5, 5.41) is 6.20. The van der Waals surface area contributed by atoms with Crippen molar-refractivity contribution in [3.05, 3.63) is 54.1 Å². The van der Waals surface area contributed by atoms with Crippen LogP contribution in [0.3, 0.4) is 0 Å². The fourth-order valence-electron chi connectivity index (χ4n) is 2.37. The lowest BCUT2D eigenvalue weighted by atomic mass is 10.2. The van der Waals surface area contributed by atoms with Crippen LogP contribution in [0.15, 0.2) is 58.3 Å². The minimum Gasteiger partial charge on any atom is -0.325 e. The molecule has 1 saturated carbocycles. The molecule has 0 heterocycles. The Hall–Kier alpha value is -1.49. The SMILES string of the molecule is Cc1cc(Sc2ccccc2)ccc1NC(=O)CNCC1CC1.Cl. The van der Waals surface area contributed by atoms with Gasteiger partial charge in [-0.3, -0.25) is 4.79 Å². The second-order valence-corrected chi connectivity index (χ2v) is 7.16. The normalized spacial score (nSPS) is 13.2. The maximum absolute atomic E-state index is 12.0. The number of benzene rings is 2. The van der Waals surface area contributed by atoms with Gasteiger partial charge in [0.15, 0.2) is 0 Å². The molecule has 1 aliphatic rings. The highest BCUT2D eigenvalue weighted by molar-refractivity contribution is 7.99. The number of halogens is 1. The number of carbonyl (C=O) groups excluding carboxylic acids is 1. The van der Waals surface area contributed by atoms with E-state index in [4.69, 9.17) is 0 Å². The van der Waals surface area contributed by atoms with Crippen molar-refractivity contribution in [3.8, 4) is 0 Å². The van der Waals surface area contributed by atoms with E-state index in [1.54, 1.807) is 11.8 Å². The topological polar surface area (TPSA) is 41.1 Å². The summed E-state index contributed by atoms with van der Waals surface area (Å²) >= 11 is 1.73. The van der Waals surface area contributed by atoms with Gasteiger partial charge in [-0.05, 0) is 68.1 Å². The molecule has 5 heteroatoms. The molecule has 3 nitrogen and oxygen atoms in total. The third-order valence-electron chi connectivity index (χ3n) is 3.87. The standard InChI is InChI=1S/C19H22N2OS.ClH/c1-14-11-17(23-16-5-3-2-4-6-16)9-10-18(14)21-19(22)13-20-12-15-7-8-15;/h2-6,9-11,15,20H,7-8,12-13H2,1H3,(H,21,22);1H. The lowest BCUT2D eigenvalue weighted by Gasteiger charge is -2.11. The molecule has 3 rings (SSSR count). The van der Waals surface area contributed by atoms with Crippen molar-refractivity contribution in [1.82, 2.24) is 5.32 Å². The lowest BCUT2D eigenvalue weighted by Crippen LogP contribution is -2.29. The Morgan fingerprint density at radius 3 is 2.54 bits per heavy atom. The van der Waals surface area contributed by atoms with Gasteiger partial charge in [0.2, 0.25) is 5.91 Å². The first-order valence-corrected chi connectivity index (χ1v) is 8.86. The molecule has 2 N–H and O–H groups in total. The van der Waals surface area contributed by atoms with E-state index in [9.17, 15) is 4.79 Å².